The molecule has 2 aromatic rings. The highest BCUT2D eigenvalue weighted by molar-refractivity contribution is 9.10. The SMILES string of the molecule is CCOC(=O)c1c(C)n(C[C@@H](O)C[NH2+]C(C)C)c2cc(Br)c(OC)cc12. The van der Waals surface area contributed by atoms with E-state index in [1.165, 1.54) is 0 Å². The summed E-state index contributed by atoms with van der Waals surface area (Å²) < 4.78 is 13.4. The normalized spacial score (nSPS) is 12.6. The molecule has 144 valence electrons. The summed E-state index contributed by atoms with van der Waals surface area (Å²) in [6.45, 7) is 9.16. The lowest BCUT2D eigenvalue weighted by molar-refractivity contribution is -0.688. The molecule has 1 aromatic heterocycles. The number of carbonyl (C=O) groups is 1. The smallest absolute Gasteiger partial charge is 0.340 e. The number of methoxy groups -OCH3 is 1. The van der Waals surface area contributed by atoms with Gasteiger partial charge >= 0.3 is 5.97 Å². The molecule has 0 amide bonds. The lowest BCUT2D eigenvalue weighted by Crippen LogP contribution is -2.90. The molecule has 26 heavy (non-hydrogen) atoms. The Balaban J connectivity index is 2.53. The summed E-state index contributed by atoms with van der Waals surface area (Å²) in [6.07, 6.45) is -0.525. The third-order valence-corrected chi connectivity index (χ3v) is 4.97. The molecule has 0 saturated carbocycles. The molecule has 2 rings (SSSR count). The Hall–Kier alpha value is -1.57. The Morgan fingerprint density at radius 3 is 2.65 bits per heavy atom. The number of quaternary nitrogens is 1. The van der Waals surface area contributed by atoms with Crippen LogP contribution in [0.2, 0.25) is 0 Å². The number of rotatable bonds is 8. The van der Waals surface area contributed by atoms with Crippen LogP contribution in [0.3, 0.4) is 0 Å². The number of ether oxygens (including phenoxy) is 2. The standard InChI is InChI=1S/C19H27BrN2O4/c1-6-26-19(24)18-12(4)22(10-13(23)9-21-11(2)3)16-8-15(20)17(25-5)7-14(16)18/h7-8,11,13,21,23H,6,9-10H2,1-5H3/p+1/t13-/m0/s1. The lowest BCUT2D eigenvalue weighted by Gasteiger charge is -2.15. The molecule has 0 saturated heterocycles. The maximum Gasteiger partial charge on any atom is 0.340 e. The van der Waals surface area contributed by atoms with Crippen LogP contribution < -0.4 is 10.1 Å². The van der Waals surface area contributed by atoms with Gasteiger partial charge in [0.1, 0.15) is 18.4 Å². The van der Waals surface area contributed by atoms with Crippen molar-refractivity contribution >= 4 is 32.8 Å². The quantitative estimate of drug-likeness (QED) is 0.633. The average molecular weight is 428 g/mol. The summed E-state index contributed by atoms with van der Waals surface area (Å²) in [6, 6.07) is 4.17. The first-order valence-corrected chi connectivity index (χ1v) is 9.64. The van der Waals surface area contributed by atoms with Crippen molar-refractivity contribution in [2.45, 2.75) is 46.4 Å². The molecular formula is C19H28BrN2O4+. The highest BCUT2D eigenvalue weighted by Gasteiger charge is 2.24. The number of hydrogen-bond donors (Lipinski definition) is 2. The Morgan fingerprint density at radius 2 is 2.08 bits per heavy atom. The van der Waals surface area contributed by atoms with Gasteiger partial charge in [0.05, 0.1) is 41.9 Å². The van der Waals surface area contributed by atoms with Gasteiger partial charge in [0, 0.05) is 11.1 Å². The van der Waals surface area contributed by atoms with Crippen LogP contribution in [-0.2, 0) is 11.3 Å². The molecular weight excluding hydrogens is 400 g/mol. The van der Waals surface area contributed by atoms with Crippen molar-refractivity contribution in [3.8, 4) is 5.75 Å². The van der Waals surface area contributed by atoms with Crippen molar-refractivity contribution in [1.82, 2.24) is 4.57 Å². The van der Waals surface area contributed by atoms with Gasteiger partial charge in [0.15, 0.2) is 0 Å². The van der Waals surface area contributed by atoms with Crippen LogP contribution in [0.1, 0.15) is 36.8 Å². The Kier molecular flexibility index (Phi) is 7.08. The zero-order valence-electron chi connectivity index (χ0n) is 16.0. The second-order valence-corrected chi connectivity index (χ2v) is 7.52. The van der Waals surface area contributed by atoms with E-state index in [1.807, 2.05) is 23.6 Å². The number of carbonyl (C=O) groups excluding carboxylic acids is 1. The van der Waals surface area contributed by atoms with Crippen LogP contribution >= 0.6 is 15.9 Å². The summed E-state index contributed by atoms with van der Waals surface area (Å²) in [5, 5.41) is 13.3. The third-order valence-electron chi connectivity index (χ3n) is 4.35. The minimum atomic E-state index is -0.525. The number of aliphatic hydroxyl groups excluding tert-OH is 1. The van der Waals surface area contributed by atoms with Crippen molar-refractivity contribution in [2.75, 3.05) is 20.3 Å². The molecule has 0 spiro atoms. The van der Waals surface area contributed by atoms with E-state index in [9.17, 15) is 9.90 Å². The number of fused-ring (bicyclic) bond motifs is 1. The van der Waals surface area contributed by atoms with E-state index in [-0.39, 0.29) is 5.97 Å². The maximum absolute atomic E-state index is 12.5. The number of aliphatic hydroxyl groups is 1. The fourth-order valence-corrected chi connectivity index (χ4v) is 3.54. The van der Waals surface area contributed by atoms with Gasteiger partial charge in [0.2, 0.25) is 0 Å². The van der Waals surface area contributed by atoms with Crippen molar-refractivity contribution in [3.05, 3.63) is 27.9 Å². The summed E-state index contributed by atoms with van der Waals surface area (Å²) in [4.78, 5) is 12.5. The predicted molar refractivity (Wildman–Crippen MR) is 105 cm³/mol. The molecule has 0 unspecified atom stereocenters. The molecule has 0 bridgehead atoms. The van der Waals surface area contributed by atoms with Gasteiger partial charge in [-0.15, -0.1) is 0 Å². The van der Waals surface area contributed by atoms with E-state index in [2.05, 4.69) is 35.1 Å². The fourth-order valence-electron chi connectivity index (χ4n) is 3.04. The number of nitrogens with zero attached hydrogens (tertiary/aromatic N) is 1. The number of aromatic nitrogens is 1. The van der Waals surface area contributed by atoms with Crippen LogP contribution in [0, 0.1) is 6.92 Å². The molecule has 0 fully saturated rings. The zero-order chi connectivity index (χ0) is 19.4. The van der Waals surface area contributed by atoms with E-state index in [1.54, 1.807) is 14.0 Å². The molecule has 1 heterocycles. The molecule has 0 radical (unpaired) electrons. The fraction of sp³-hybridized carbons (Fsp3) is 0.526. The zero-order valence-corrected chi connectivity index (χ0v) is 17.6. The monoisotopic (exact) mass is 427 g/mol. The Morgan fingerprint density at radius 1 is 1.38 bits per heavy atom. The number of hydrogen-bond acceptors (Lipinski definition) is 4. The topological polar surface area (TPSA) is 77.3 Å². The van der Waals surface area contributed by atoms with Crippen LogP contribution in [0.15, 0.2) is 16.6 Å². The van der Waals surface area contributed by atoms with Gasteiger partial charge in [-0.2, -0.15) is 0 Å². The first-order valence-electron chi connectivity index (χ1n) is 8.84. The summed E-state index contributed by atoms with van der Waals surface area (Å²) in [7, 11) is 1.59. The van der Waals surface area contributed by atoms with E-state index in [0.29, 0.717) is 37.1 Å². The Labute approximate surface area is 162 Å². The highest BCUT2D eigenvalue weighted by atomic mass is 79.9. The van der Waals surface area contributed by atoms with E-state index >= 15 is 0 Å². The summed E-state index contributed by atoms with van der Waals surface area (Å²) >= 11 is 3.51. The second-order valence-electron chi connectivity index (χ2n) is 6.66. The number of benzene rings is 1. The molecule has 7 heteroatoms. The number of nitrogens with two attached hydrogens (primary N) is 1. The molecule has 1 aromatic carbocycles. The van der Waals surface area contributed by atoms with E-state index in [4.69, 9.17) is 9.47 Å². The Bertz CT molecular complexity index is 786. The number of esters is 1. The van der Waals surface area contributed by atoms with Crippen molar-refractivity contribution < 1.29 is 24.7 Å². The van der Waals surface area contributed by atoms with Gasteiger partial charge in [-0.1, -0.05) is 0 Å². The summed E-state index contributed by atoms with van der Waals surface area (Å²) in [5.41, 5.74) is 2.16. The van der Waals surface area contributed by atoms with Crippen LogP contribution in [-0.4, -0.2) is 48.1 Å². The highest BCUT2D eigenvalue weighted by Crippen LogP contribution is 2.35. The summed E-state index contributed by atoms with van der Waals surface area (Å²) in [5.74, 6) is 0.287. The largest absolute Gasteiger partial charge is 0.496 e. The van der Waals surface area contributed by atoms with Gasteiger partial charge in [-0.25, -0.2) is 4.79 Å². The van der Waals surface area contributed by atoms with Crippen molar-refractivity contribution in [3.63, 3.8) is 0 Å². The van der Waals surface area contributed by atoms with Crippen LogP contribution in [0.4, 0.5) is 0 Å². The molecule has 6 nitrogen and oxygen atoms in total. The molecule has 1 atom stereocenters. The van der Waals surface area contributed by atoms with Crippen LogP contribution in [0.5, 0.6) is 5.75 Å². The van der Waals surface area contributed by atoms with Gasteiger partial charge in [0.25, 0.3) is 0 Å². The predicted octanol–water partition coefficient (Wildman–Crippen LogP) is 2.23. The average Bonchev–Trinajstić information content (AvgIpc) is 2.84. The number of halogens is 1. The minimum Gasteiger partial charge on any atom is -0.496 e. The van der Waals surface area contributed by atoms with Crippen LogP contribution in [0.25, 0.3) is 10.9 Å². The molecule has 0 aliphatic heterocycles. The molecule has 0 aliphatic carbocycles. The first-order chi connectivity index (χ1) is 12.3. The first kappa shape index (κ1) is 20.7. The minimum absolute atomic E-state index is 0.310. The van der Waals surface area contributed by atoms with E-state index < -0.39 is 6.10 Å². The molecule has 3 N–H and O–H groups in total. The van der Waals surface area contributed by atoms with Crippen molar-refractivity contribution in [1.29, 1.82) is 0 Å². The molecule has 0 aliphatic rings. The second kappa shape index (κ2) is 8.88. The van der Waals surface area contributed by atoms with Gasteiger partial charge < -0.3 is 24.5 Å². The van der Waals surface area contributed by atoms with Gasteiger partial charge in [-0.3, -0.25) is 0 Å². The third kappa shape index (κ3) is 4.39. The van der Waals surface area contributed by atoms with Gasteiger partial charge in [-0.05, 0) is 55.8 Å². The lowest BCUT2D eigenvalue weighted by atomic mass is 10.1. The maximum atomic E-state index is 12.5. The van der Waals surface area contributed by atoms with E-state index in [0.717, 1.165) is 21.1 Å². The van der Waals surface area contributed by atoms with Crippen molar-refractivity contribution in [2.24, 2.45) is 0 Å².